The van der Waals surface area contributed by atoms with Crippen LogP contribution in [0.3, 0.4) is 0 Å². The first-order valence-corrected chi connectivity index (χ1v) is 7.28. The van der Waals surface area contributed by atoms with Gasteiger partial charge in [0.25, 0.3) is 0 Å². The van der Waals surface area contributed by atoms with Gasteiger partial charge in [0.15, 0.2) is 0 Å². The maximum absolute atomic E-state index is 5.83. The molecule has 2 aromatic heterocycles. The summed E-state index contributed by atoms with van der Waals surface area (Å²) in [5.74, 6) is 1.85. The van der Waals surface area contributed by atoms with Crippen LogP contribution in [0.2, 0.25) is 0 Å². The topological polar surface area (TPSA) is 47.0 Å². The Morgan fingerprint density at radius 2 is 2.21 bits per heavy atom. The van der Waals surface area contributed by atoms with Gasteiger partial charge in [0.2, 0.25) is 5.88 Å². The Kier molecular flexibility index (Phi) is 4.74. The van der Waals surface area contributed by atoms with Crippen LogP contribution < -0.4 is 10.1 Å². The van der Waals surface area contributed by atoms with E-state index < -0.39 is 0 Å². The van der Waals surface area contributed by atoms with Gasteiger partial charge in [0.05, 0.1) is 12.2 Å². The fourth-order valence-corrected chi connectivity index (χ4v) is 2.61. The van der Waals surface area contributed by atoms with Gasteiger partial charge in [-0.05, 0) is 17.4 Å². The largest absolute Gasteiger partial charge is 0.477 e. The standard InChI is InChI=1S/C14H19N3OS/c1-10(2)12-13(15-3)16-9-17-14(12)18-7-6-11-5-4-8-19-11/h4-5,8-10H,6-7H2,1-3H3,(H,15,16,17). The molecule has 0 aliphatic carbocycles. The minimum absolute atomic E-state index is 0.320. The van der Waals surface area contributed by atoms with Gasteiger partial charge < -0.3 is 10.1 Å². The second-order valence-corrected chi connectivity index (χ2v) is 5.56. The number of aromatic nitrogens is 2. The molecule has 1 N–H and O–H groups in total. The molecule has 5 heteroatoms. The third-order valence-electron chi connectivity index (χ3n) is 2.83. The Morgan fingerprint density at radius 1 is 1.37 bits per heavy atom. The molecule has 0 saturated heterocycles. The van der Waals surface area contributed by atoms with Crippen molar-refractivity contribution >= 4 is 17.2 Å². The summed E-state index contributed by atoms with van der Waals surface area (Å²) < 4.78 is 5.83. The number of hydrogen-bond acceptors (Lipinski definition) is 5. The Labute approximate surface area is 117 Å². The van der Waals surface area contributed by atoms with Crippen LogP contribution in [0.25, 0.3) is 0 Å². The second kappa shape index (κ2) is 6.52. The van der Waals surface area contributed by atoms with Gasteiger partial charge in [-0.2, -0.15) is 0 Å². The monoisotopic (exact) mass is 277 g/mol. The summed E-state index contributed by atoms with van der Waals surface area (Å²) >= 11 is 1.75. The van der Waals surface area contributed by atoms with Crippen molar-refractivity contribution in [1.82, 2.24) is 9.97 Å². The fourth-order valence-electron chi connectivity index (χ4n) is 1.92. The van der Waals surface area contributed by atoms with Crippen molar-refractivity contribution in [2.75, 3.05) is 19.0 Å². The first-order chi connectivity index (χ1) is 9.22. The zero-order valence-corrected chi connectivity index (χ0v) is 12.3. The zero-order valence-electron chi connectivity index (χ0n) is 11.5. The highest BCUT2D eigenvalue weighted by Gasteiger charge is 2.15. The molecule has 2 aromatic rings. The highest BCUT2D eigenvalue weighted by molar-refractivity contribution is 7.09. The Hall–Kier alpha value is -1.62. The molecule has 102 valence electrons. The summed E-state index contributed by atoms with van der Waals surface area (Å²) in [6.45, 7) is 4.87. The maximum Gasteiger partial charge on any atom is 0.222 e. The SMILES string of the molecule is CNc1ncnc(OCCc2cccs2)c1C(C)C. The first kappa shape index (κ1) is 13.8. The Morgan fingerprint density at radius 3 is 2.84 bits per heavy atom. The van der Waals surface area contributed by atoms with Crippen LogP contribution in [0.1, 0.15) is 30.2 Å². The molecule has 2 heterocycles. The number of hydrogen-bond donors (Lipinski definition) is 1. The Balaban J connectivity index is 2.07. The number of thiophene rings is 1. The third kappa shape index (κ3) is 3.44. The summed E-state index contributed by atoms with van der Waals surface area (Å²) in [6, 6.07) is 4.18. The number of rotatable bonds is 6. The normalized spacial score (nSPS) is 10.7. The van der Waals surface area contributed by atoms with Crippen molar-refractivity contribution in [3.05, 3.63) is 34.3 Å². The minimum Gasteiger partial charge on any atom is -0.477 e. The van der Waals surface area contributed by atoms with E-state index in [0.717, 1.165) is 17.8 Å². The van der Waals surface area contributed by atoms with Crippen molar-refractivity contribution in [1.29, 1.82) is 0 Å². The van der Waals surface area contributed by atoms with Crippen LogP contribution in [0.5, 0.6) is 5.88 Å². The van der Waals surface area contributed by atoms with Crippen molar-refractivity contribution in [3.63, 3.8) is 0 Å². The van der Waals surface area contributed by atoms with Gasteiger partial charge in [-0.3, -0.25) is 0 Å². The van der Waals surface area contributed by atoms with Crippen LogP contribution in [-0.4, -0.2) is 23.6 Å². The van der Waals surface area contributed by atoms with Gasteiger partial charge in [-0.15, -0.1) is 11.3 Å². The van der Waals surface area contributed by atoms with Crippen molar-refractivity contribution in [3.8, 4) is 5.88 Å². The molecule has 0 aliphatic rings. The molecule has 0 spiro atoms. The molecule has 0 aliphatic heterocycles. The van der Waals surface area contributed by atoms with E-state index in [1.165, 1.54) is 11.2 Å². The lowest BCUT2D eigenvalue weighted by atomic mass is 10.1. The van der Waals surface area contributed by atoms with Gasteiger partial charge in [0, 0.05) is 18.3 Å². The Bertz CT molecular complexity index is 511. The smallest absolute Gasteiger partial charge is 0.222 e. The molecule has 0 atom stereocenters. The van der Waals surface area contributed by atoms with Crippen molar-refractivity contribution in [2.24, 2.45) is 0 Å². The zero-order chi connectivity index (χ0) is 13.7. The van der Waals surface area contributed by atoms with Crippen molar-refractivity contribution in [2.45, 2.75) is 26.2 Å². The number of anilines is 1. The van der Waals surface area contributed by atoms with E-state index in [2.05, 4.69) is 46.6 Å². The molecule has 0 bridgehead atoms. The number of nitrogens with zero attached hydrogens (tertiary/aromatic N) is 2. The van der Waals surface area contributed by atoms with Gasteiger partial charge in [-0.1, -0.05) is 19.9 Å². The average molecular weight is 277 g/mol. The average Bonchev–Trinajstić information content (AvgIpc) is 2.91. The molecular weight excluding hydrogens is 258 g/mol. The third-order valence-corrected chi connectivity index (χ3v) is 3.77. The fraction of sp³-hybridized carbons (Fsp3) is 0.429. The lowest BCUT2D eigenvalue weighted by Crippen LogP contribution is -2.08. The number of nitrogens with one attached hydrogen (secondary N) is 1. The summed E-state index contributed by atoms with van der Waals surface area (Å²) in [5.41, 5.74) is 1.04. The molecule has 0 amide bonds. The van der Waals surface area contributed by atoms with E-state index in [1.807, 2.05) is 7.05 Å². The van der Waals surface area contributed by atoms with E-state index >= 15 is 0 Å². The van der Waals surface area contributed by atoms with Crippen LogP contribution in [-0.2, 0) is 6.42 Å². The van der Waals surface area contributed by atoms with E-state index in [4.69, 9.17) is 4.74 Å². The molecule has 0 fully saturated rings. The summed E-state index contributed by atoms with van der Waals surface area (Å²) in [5, 5.41) is 5.17. The molecule has 4 nitrogen and oxygen atoms in total. The maximum atomic E-state index is 5.83. The summed E-state index contributed by atoms with van der Waals surface area (Å²) in [7, 11) is 1.86. The van der Waals surface area contributed by atoms with Crippen LogP contribution >= 0.6 is 11.3 Å². The van der Waals surface area contributed by atoms with Crippen LogP contribution in [0, 0.1) is 0 Å². The number of ether oxygens (including phenoxy) is 1. The van der Waals surface area contributed by atoms with Crippen molar-refractivity contribution < 1.29 is 4.74 Å². The van der Waals surface area contributed by atoms with E-state index in [9.17, 15) is 0 Å². The van der Waals surface area contributed by atoms with Gasteiger partial charge in [-0.25, -0.2) is 9.97 Å². The predicted octanol–water partition coefficient (Wildman–Crippen LogP) is 3.32. The second-order valence-electron chi connectivity index (χ2n) is 4.52. The molecule has 0 unspecified atom stereocenters. The molecule has 19 heavy (non-hydrogen) atoms. The summed E-state index contributed by atoms with van der Waals surface area (Å²) in [6.07, 6.45) is 2.45. The van der Waals surface area contributed by atoms with E-state index in [-0.39, 0.29) is 0 Å². The first-order valence-electron chi connectivity index (χ1n) is 6.40. The summed E-state index contributed by atoms with van der Waals surface area (Å²) in [4.78, 5) is 9.82. The molecule has 0 radical (unpaired) electrons. The quantitative estimate of drug-likeness (QED) is 0.880. The molecule has 2 rings (SSSR count). The predicted molar refractivity (Wildman–Crippen MR) is 79.2 cm³/mol. The lowest BCUT2D eigenvalue weighted by molar-refractivity contribution is 0.305. The van der Waals surface area contributed by atoms with Gasteiger partial charge >= 0.3 is 0 Å². The highest BCUT2D eigenvalue weighted by atomic mass is 32.1. The van der Waals surface area contributed by atoms with E-state index in [0.29, 0.717) is 18.4 Å². The van der Waals surface area contributed by atoms with Crippen LogP contribution in [0.15, 0.2) is 23.8 Å². The van der Waals surface area contributed by atoms with Crippen LogP contribution in [0.4, 0.5) is 5.82 Å². The lowest BCUT2D eigenvalue weighted by Gasteiger charge is -2.15. The molecular formula is C14H19N3OS. The van der Waals surface area contributed by atoms with E-state index in [1.54, 1.807) is 11.3 Å². The van der Waals surface area contributed by atoms with Gasteiger partial charge in [0.1, 0.15) is 12.1 Å². The minimum atomic E-state index is 0.320. The highest BCUT2D eigenvalue weighted by Crippen LogP contribution is 2.29. The molecule has 0 saturated carbocycles. The molecule has 0 aromatic carbocycles.